The minimum absolute atomic E-state index is 0.0296. The smallest absolute Gasteiger partial charge is 0.438 e. The summed E-state index contributed by atoms with van der Waals surface area (Å²) in [6, 6.07) is 0. The Morgan fingerprint density at radius 2 is 1.64 bits per heavy atom. The zero-order valence-corrected chi connectivity index (χ0v) is 23.7. The lowest BCUT2D eigenvalue weighted by atomic mass is 9.48. The topological polar surface area (TPSA) is 76.0 Å². The fourth-order valence-electron chi connectivity index (χ4n) is 10.5. The molecule has 2 spiro atoms. The molecule has 206 valence electrons. The molecule has 0 amide bonds. The minimum atomic E-state index is -0.606. The number of hydrogen-bond acceptors (Lipinski definition) is 5. The Hall–Kier alpha value is -1.25. The van der Waals surface area contributed by atoms with Crippen LogP contribution in [-0.2, 0) is 9.47 Å². The summed E-state index contributed by atoms with van der Waals surface area (Å²) in [7, 11) is 1.34. The lowest BCUT2D eigenvalue weighted by Gasteiger charge is -2.57. The van der Waals surface area contributed by atoms with Crippen LogP contribution in [0, 0.1) is 64.6 Å². The van der Waals surface area contributed by atoms with Crippen molar-refractivity contribution in [1.29, 1.82) is 0 Å². The molecule has 5 unspecified atom stereocenters. The van der Waals surface area contributed by atoms with Gasteiger partial charge in [-0.1, -0.05) is 34.6 Å². The molecule has 5 aliphatic rings. The molecule has 0 aromatic heterocycles. The van der Waals surface area contributed by atoms with Crippen LogP contribution in [0.1, 0.15) is 98.8 Å². The number of aliphatic hydroxyl groups excluding tert-OH is 2. The van der Waals surface area contributed by atoms with Gasteiger partial charge >= 0.3 is 6.16 Å². The van der Waals surface area contributed by atoms with Crippen molar-refractivity contribution >= 4 is 6.16 Å². The summed E-state index contributed by atoms with van der Waals surface area (Å²) in [5.74, 6) is 3.92. The predicted octanol–water partition coefficient (Wildman–Crippen LogP) is 6.45. The summed E-state index contributed by atoms with van der Waals surface area (Å²) < 4.78 is 9.55. The Bertz CT molecular complexity index is 776. The summed E-state index contributed by atoms with van der Waals surface area (Å²) >= 11 is 0. The average molecular weight is 505 g/mol. The Morgan fingerprint density at radius 3 is 2.31 bits per heavy atom. The van der Waals surface area contributed by atoms with Crippen molar-refractivity contribution in [3.05, 3.63) is 0 Å². The summed E-state index contributed by atoms with van der Waals surface area (Å²) in [4.78, 5) is 11.1. The average Bonchev–Trinajstić information content (AvgIpc) is 3.24. The monoisotopic (exact) mass is 504 g/mol. The Kier molecular flexibility index (Phi) is 9.15. The fraction of sp³-hybridized carbons (Fsp3) is 0.903. The maximum atomic E-state index is 11.1. The van der Waals surface area contributed by atoms with E-state index in [1.807, 2.05) is 13.8 Å². The first kappa shape index (κ1) is 29.3. The van der Waals surface area contributed by atoms with Gasteiger partial charge in [-0.25, -0.2) is 4.79 Å². The molecule has 0 aromatic rings. The lowest BCUT2D eigenvalue weighted by molar-refractivity contribution is -0.122. The molecule has 10 atom stereocenters. The van der Waals surface area contributed by atoms with E-state index in [-0.39, 0.29) is 17.6 Å². The third kappa shape index (κ3) is 4.19. The van der Waals surface area contributed by atoms with E-state index in [0.717, 1.165) is 43.9 Å². The van der Waals surface area contributed by atoms with E-state index in [0.29, 0.717) is 41.1 Å². The molecule has 5 heteroatoms. The number of fused-ring (bicyclic) bond motifs is 2. The van der Waals surface area contributed by atoms with Crippen LogP contribution in [0.4, 0.5) is 4.79 Å². The van der Waals surface area contributed by atoms with E-state index >= 15 is 0 Å². The molecular formula is C31H52O5. The molecule has 0 aromatic carbocycles. The molecule has 5 aliphatic carbocycles. The van der Waals surface area contributed by atoms with E-state index in [1.165, 1.54) is 39.2 Å². The van der Waals surface area contributed by atoms with Crippen LogP contribution in [0.2, 0.25) is 0 Å². The molecule has 0 aliphatic heterocycles. The van der Waals surface area contributed by atoms with Crippen LogP contribution in [-0.4, -0.2) is 42.3 Å². The van der Waals surface area contributed by atoms with E-state index in [2.05, 4.69) is 38.4 Å². The highest BCUT2D eigenvalue weighted by Gasteiger charge is 2.83. The van der Waals surface area contributed by atoms with Gasteiger partial charge in [0.25, 0.3) is 0 Å². The lowest BCUT2D eigenvalue weighted by Crippen LogP contribution is -2.52. The van der Waals surface area contributed by atoms with E-state index in [1.54, 1.807) is 0 Å². The minimum Gasteiger partial charge on any atom is -0.438 e. The predicted molar refractivity (Wildman–Crippen MR) is 143 cm³/mol. The number of unbranched alkanes of at least 4 members (excludes halogenated alkanes) is 1. The van der Waals surface area contributed by atoms with Gasteiger partial charge in [-0.3, -0.25) is 0 Å². The van der Waals surface area contributed by atoms with E-state index < -0.39 is 6.16 Å². The van der Waals surface area contributed by atoms with E-state index in [9.17, 15) is 15.0 Å². The third-order valence-corrected chi connectivity index (χ3v) is 11.8. The highest BCUT2D eigenvalue weighted by molar-refractivity contribution is 5.59. The number of ether oxygens (including phenoxy) is 2. The van der Waals surface area contributed by atoms with Gasteiger partial charge in [-0.05, 0) is 116 Å². The van der Waals surface area contributed by atoms with Crippen LogP contribution in [0.3, 0.4) is 0 Å². The van der Waals surface area contributed by atoms with Gasteiger partial charge in [0.2, 0.25) is 0 Å². The standard InChI is InChI=1S/C27H44O5.C2H6.C2H2/c1-16-26-12-10-17-18(7-5-6-14-32-24(30)31-4)21(28)15-19(17)20(26)8-9-22-25(2,3)23(29)11-13-27(16,22)26;2*1-2/h16-23,28-29H,5-15H2,1-4H3;1-2H3;1-2H/t16-,17?,18?,19?,20-,21+,22?,23-,26-,27?;;/m0../s1. The molecule has 0 radical (unpaired) electrons. The van der Waals surface area contributed by atoms with Gasteiger partial charge in [-0.2, -0.15) is 0 Å². The molecule has 5 rings (SSSR count). The van der Waals surface area contributed by atoms with Crippen molar-refractivity contribution < 1.29 is 24.5 Å². The first-order valence-electron chi connectivity index (χ1n) is 14.6. The normalized spacial score (nSPS) is 45.1. The van der Waals surface area contributed by atoms with E-state index in [4.69, 9.17) is 4.74 Å². The molecule has 2 N–H and O–H groups in total. The Labute approximate surface area is 220 Å². The third-order valence-electron chi connectivity index (χ3n) is 11.8. The maximum Gasteiger partial charge on any atom is 0.507 e. The number of hydrogen-bond donors (Lipinski definition) is 2. The Balaban J connectivity index is 0.000000861. The Morgan fingerprint density at radius 1 is 0.972 bits per heavy atom. The van der Waals surface area contributed by atoms with Gasteiger partial charge in [0, 0.05) is 0 Å². The van der Waals surface area contributed by atoms with Gasteiger partial charge < -0.3 is 19.7 Å². The van der Waals surface area contributed by atoms with Crippen molar-refractivity contribution in [2.24, 2.45) is 51.8 Å². The molecule has 5 nitrogen and oxygen atoms in total. The van der Waals surface area contributed by atoms with Crippen molar-refractivity contribution in [1.82, 2.24) is 0 Å². The SMILES string of the molecule is C#C.CC.COC(=O)OCCCCC1C2CC[C@@]34[C@H](C)C35CC[C@H](O)C(C)(C)C5CC[C@H]4C2C[C@H]1O. The highest BCUT2D eigenvalue weighted by Crippen LogP contribution is 2.88. The molecular weight excluding hydrogens is 452 g/mol. The van der Waals surface area contributed by atoms with Crippen LogP contribution in [0.25, 0.3) is 0 Å². The zero-order chi connectivity index (χ0) is 26.9. The van der Waals surface area contributed by atoms with Gasteiger partial charge in [0.15, 0.2) is 0 Å². The fourth-order valence-corrected chi connectivity index (χ4v) is 10.5. The number of terminal acetylenes is 1. The maximum absolute atomic E-state index is 11.1. The molecule has 5 saturated carbocycles. The first-order chi connectivity index (χ1) is 17.2. The second-order valence-corrected chi connectivity index (χ2v) is 12.5. The van der Waals surface area contributed by atoms with Crippen LogP contribution in [0.15, 0.2) is 0 Å². The van der Waals surface area contributed by atoms with Crippen molar-refractivity contribution in [3.8, 4) is 12.8 Å². The van der Waals surface area contributed by atoms with Crippen molar-refractivity contribution in [2.75, 3.05) is 13.7 Å². The van der Waals surface area contributed by atoms with Crippen LogP contribution >= 0.6 is 0 Å². The van der Waals surface area contributed by atoms with Crippen molar-refractivity contribution in [3.63, 3.8) is 0 Å². The summed E-state index contributed by atoms with van der Waals surface area (Å²) in [5, 5.41) is 21.9. The molecule has 0 heterocycles. The number of aliphatic hydroxyl groups is 2. The molecule has 0 bridgehead atoms. The molecule has 0 saturated heterocycles. The van der Waals surface area contributed by atoms with Crippen molar-refractivity contribution in [2.45, 2.75) is 111 Å². The number of methoxy groups -OCH3 is 1. The van der Waals surface area contributed by atoms with Gasteiger partial charge in [-0.15, -0.1) is 12.8 Å². The summed E-state index contributed by atoms with van der Waals surface area (Å²) in [6.45, 7) is 11.6. The largest absolute Gasteiger partial charge is 0.507 e. The first-order valence-corrected chi connectivity index (χ1v) is 14.6. The molecule has 36 heavy (non-hydrogen) atoms. The number of carbonyl (C=O) groups excluding carboxylic acids is 1. The van der Waals surface area contributed by atoms with Gasteiger partial charge in [0.1, 0.15) is 0 Å². The number of rotatable bonds is 5. The zero-order valence-electron chi connectivity index (χ0n) is 23.7. The summed E-state index contributed by atoms with van der Waals surface area (Å²) in [5.41, 5.74) is 0.942. The second kappa shape index (κ2) is 11.2. The second-order valence-electron chi connectivity index (χ2n) is 12.5. The molecule has 5 fully saturated rings. The number of carbonyl (C=O) groups is 1. The van der Waals surface area contributed by atoms with Gasteiger partial charge in [0.05, 0.1) is 25.9 Å². The van der Waals surface area contributed by atoms with Crippen LogP contribution in [0.5, 0.6) is 0 Å². The highest BCUT2D eigenvalue weighted by atomic mass is 16.7. The summed E-state index contributed by atoms with van der Waals surface area (Å²) in [6.07, 6.45) is 18.2. The quantitative estimate of drug-likeness (QED) is 0.256. The van der Waals surface area contributed by atoms with Crippen LogP contribution < -0.4 is 0 Å².